The highest BCUT2D eigenvalue weighted by Gasteiger charge is 2.28. The molecule has 1 aromatic carbocycles. The van der Waals surface area contributed by atoms with Crippen molar-refractivity contribution >= 4 is 17.9 Å². The number of carbonyl (C=O) groups is 3. The highest BCUT2D eigenvalue weighted by molar-refractivity contribution is 5.90. The van der Waals surface area contributed by atoms with E-state index in [1.54, 1.807) is 30.3 Å². The van der Waals surface area contributed by atoms with Gasteiger partial charge in [0, 0.05) is 6.04 Å². The van der Waals surface area contributed by atoms with Gasteiger partial charge in [0.1, 0.15) is 11.8 Å². The van der Waals surface area contributed by atoms with Crippen LogP contribution < -0.4 is 21.1 Å². The van der Waals surface area contributed by atoms with Crippen LogP contribution in [0.2, 0.25) is 0 Å². The van der Waals surface area contributed by atoms with Crippen molar-refractivity contribution in [2.75, 3.05) is 0 Å². The largest absolute Gasteiger partial charge is 0.413 e. The van der Waals surface area contributed by atoms with Gasteiger partial charge < -0.3 is 21.1 Å². The van der Waals surface area contributed by atoms with Gasteiger partial charge in [-0.15, -0.1) is 0 Å². The second-order valence-corrected chi connectivity index (χ2v) is 6.45. The predicted octanol–water partition coefficient (Wildman–Crippen LogP) is 1.71. The van der Waals surface area contributed by atoms with Crippen molar-refractivity contribution in [3.8, 4) is 5.75 Å². The maximum Gasteiger partial charge on any atom is 0.413 e. The first-order valence-corrected chi connectivity index (χ1v) is 8.57. The van der Waals surface area contributed by atoms with Gasteiger partial charge in [0.05, 0.1) is 6.42 Å². The monoisotopic (exact) mass is 347 g/mol. The Kier molecular flexibility index (Phi) is 6.80. The van der Waals surface area contributed by atoms with Crippen LogP contribution in [-0.2, 0) is 9.59 Å². The van der Waals surface area contributed by atoms with Crippen LogP contribution in [0.25, 0.3) is 0 Å². The SMILES string of the molecule is C[C@@H]1CCCC[C@H]1NC(=O)[C@H](CC(N)=O)NC(=O)Oc1ccccc1. The molecule has 3 amide bonds. The second-order valence-electron chi connectivity index (χ2n) is 6.45. The lowest BCUT2D eigenvalue weighted by Gasteiger charge is -2.30. The molecule has 0 saturated heterocycles. The third kappa shape index (κ3) is 6.10. The van der Waals surface area contributed by atoms with Crippen LogP contribution in [0.1, 0.15) is 39.0 Å². The van der Waals surface area contributed by atoms with E-state index in [9.17, 15) is 14.4 Å². The van der Waals surface area contributed by atoms with Crippen molar-refractivity contribution < 1.29 is 19.1 Å². The second kappa shape index (κ2) is 9.05. The number of ether oxygens (including phenoxy) is 1. The lowest BCUT2D eigenvalue weighted by atomic mass is 9.86. The van der Waals surface area contributed by atoms with Gasteiger partial charge >= 0.3 is 6.09 Å². The van der Waals surface area contributed by atoms with Crippen molar-refractivity contribution in [3.05, 3.63) is 30.3 Å². The highest BCUT2D eigenvalue weighted by Crippen LogP contribution is 2.23. The number of nitrogens with one attached hydrogen (secondary N) is 2. The Morgan fingerprint density at radius 2 is 1.88 bits per heavy atom. The summed E-state index contributed by atoms with van der Waals surface area (Å²) >= 11 is 0. The molecular weight excluding hydrogens is 322 g/mol. The zero-order valence-corrected chi connectivity index (χ0v) is 14.4. The van der Waals surface area contributed by atoms with E-state index >= 15 is 0 Å². The molecule has 0 heterocycles. The molecule has 0 radical (unpaired) electrons. The van der Waals surface area contributed by atoms with Crippen LogP contribution in [0.15, 0.2) is 30.3 Å². The number of primary amides is 1. The van der Waals surface area contributed by atoms with Crippen molar-refractivity contribution in [2.24, 2.45) is 11.7 Å². The average molecular weight is 347 g/mol. The summed E-state index contributed by atoms with van der Waals surface area (Å²) in [5.74, 6) is -0.373. The molecule has 25 heavy (non-hydrogen) atoms. The van der Waals surface area contributed by atoms with Crippen LogP contribution in [0, 0.1) is 5.92 Å². The predicted molar refractivity (Wildman–Crippen MR) is 92.8 cm³/mol. The van der Waals surface area contributed by atoms with E-state index in [-0.39, 0.29) is 12.5 Å². The van der Waals surface area contributed by atoms with E-state index in [0.717, 1.165) is 25.7 Å². The van der Waals surface area contributed by atoms with E-state index in [1.165, 1.54) is 0 Å². The van der Waals surface area contributed by atoms with Gasteiger partial charge in [-0.25, -0.2) is 4.79 Å². The summed E-state index contributed by atoms with van der Waals surface area (Å²) in [5.41, 5.74) is 5.21. The number of amides is 3. The third-order valence-electron chi connectivity index (χ3n) is 4.41. The smallest absolute Gasteiger partial charge is 0.410 e. The molecule has 1 aromatic rings. The molecule has 0 bridgehead atoms. The summed E-state index contributed by atoms with van der Waals surface area (Å²) in [7, 11) is 0. The van der Waals surface area contributed by atoms with Crippen LogP contribution in [0.5, 0.6) is 5.75 Å². The molecule has 1 aliphatic carbocycles. The van der Waals surface area contributed by atoms with E-state index in [0.29, 0.717) is 11.7 Å². The molecule has 1 aliphatic rings. The fraction of sp³-hybridized carbons (Fsp3) is 0.500. The number of rotatable bonds is 6. The zero-order valence-electron chi connectivity index (χ0n) is 14.4. The van der Waals surface area contributed by atoms with E-state index in [4.69, 9.17) is 10.5 Å². The summed E-state index contributed by atoms with van der Waals surface area (Å²) in [6, 6.07) is 7.46. The van der Waals surface area contributed by atoms with Crippen molar-refractivity contribution in [3.63, 3.8) is 0 Å². The molecule has 0 aromatic heterocycles. The van der Waals surface area contributed by atoms with Crippen molar-refractivity contribution in [1.29, 1.82) is 0 Å². The summed E-state index contributed by atoms with van der Waals surface area (Å²) in [5, 5.41) is 5.35. The van der Waals surface area contributed by atoms with Gasteiger partial charge in [-0.2, -0.15) is 0 Å². The van der Waals surface area contributed by atoms with E-state index < -0.39 is 23.9 Å². The minimum Gasteiger partial charge on any atom is -0.410 e. The molecule has 2 rings (SSSR count). The molecule has 136 valence electrons. The number of hydrogen-bond acceptors (Lipinski definition) is 4. The lowest BCUT2D eigenvalue weighted by Crippen LogP contribution is -2.53. The maximum absolute atomic E-state index is 12.5. The fourth-order valence-electron chi connectivity index (χ4n) is 2.99. The minimum atomic E-state index is -1.05. The molecule has 7 nitrogen and oxygen atoms in total. The Morgan fingerprint density at radius 1 is 1.20 bits per heavy atom. The van der Waals surface area contributed by atoms with Gasteiger partial charge in [0.15, 0.2) is 0 Å². The maximum atomic E-state index is 12.5. The number of benzene rings is 1. The van der Waals surface area contributed by atoms with Crippen LogP contribution in [-0.4, -0.2) is 30.0 Å². The Morgan fingerprint density at radius 3 is 2.52 bits per heavy atom. The van der Waals surface area contributed by atoms with E-state index in [1.807, 2.05) is 0 Å². The van der Waals surface area contributed by atoms with Gasteiger partial charge in [0.25, 0.3) is 0 Å². The molecule has 1 saturated carbocycles. The summed E-state index contributed by atoms with van der Waals surface area (Å²) in [4.78, 5) is 35.8. The third-order valence-corrected chi connectivity index (χ3v) is 4.41. The first-order valence-electron chi connectivity index (χ1n) is 8.57. The summed E-state index contributed by atoms with van der Waals surface area (Å²) in [6.45, 7) is 2.09. The van der Waals surface area contributed by atoms with Gasteiger partial charge in [-0.3, -0.25) is 9.59 Å². The quantitative estimate of drug-likeness (QED) is 0.727. The molecule has 0 unspecified atom stereocenters. The van der Waals surface area contributed by atoms with Gasteiger partial charge in [-0.1, -0.05) is 38.0 Å². The summed E-state index contributed by atoms with van der Waals surface area (Å²) in [6.07, 6.45) is 3.07. The molecule has 0 spiro atoms. The van der Waals surface area contributed by atoms with E-state index in [2.05, 4.69) is 17.6 Å². The standard InChI is InChI=1S/C18H25N3O4/c1-12-7-5-6-10-14(12)20-17(23)15(11-16(19)22)21-18(24)25-13-8-3-2-4-9-13/h2-4,8-9,12,14-15H,5-7,10-11H2,1H3,(H2,19,22)(H,20,23)(H,21,24)/t12-,14-,15+/m1/s1. The molecule has 1 fully saturated rings. The van der Waals surface area contributed by atoms with Crippen molar-refractivity contribution in [2.45, 2.75) is 51.1 Å². The first-order chi connectivity index (χ1) is 12.0. The van der Waals surface area contributed by atoms with Crippen LogP contribution >= 0.6 is 0 Å². The number of carbonyl (C=O) groups excluding carboxylic acids is 3. The van der Waals surface area contributed by atoms with Gasteiger partial charge in [-0.05, 0) is 30.9 Å². The Hall–Kier alpha value is -2.57. The van der Waals surface area contributed by atoms with Crippen LogP contribution in [0.3, 0.4) is 0 Å². The zero-order chi connectivity index (χ0) is 18.2. The average Bonchev–Trinajstić information content (AvgIpc) is 2.56. The Labute approximate surface area is 147 Å². The molecule has 7 heteroatoms. The molecular formula is C18H25N3O4. The van der Waals surface area contributed by atoms with Crippen molar-refractivity contribution in [1.82, 2.24) is 10.6 Å². The highest BCUT2D eigenvalue weighted by atomic mass is 16.6. The Balaban J connectivity index is 1.95. The minimum absolute atomic E-state index is 0.0450. The normalized spacial score (nSPS) is 21.0. The molecule has 4 N–H and O–H groups in total. The first kappa shape index (κ1) is 18.8. The number of nitrogens with two attached hydrogens (primary N) is 1. The van der Waals surface area contributed by atoms with Gasteiger partial charge in [0.2, 0.25) is 11.8 Å². The number of hydrogen-bond donors (Lipinski definition) is 3. The molecule has 0 aliphatic heterocycles. The number of para-hydroxylation sites is 1. The topological polar surface area (TPSA) is 111 Å². The fourth-order valence-corrected chi connectivity index (χ4v) is 2.99. The Bertz CT molecular complexity index is 606. The molecule has 3 atom stereocenters. The van der Waals surface area contributed by atoms with Crippen LogP contribution in [0.4, 0.5) is 4.79 Å². The summed E-state index contributed by atoms with van der Waals surface area (Å²) < 4.78 is 5.11. The lowest BCUT2D eigenvalue weighted by molar-refractivity contribution is -0.127.